The van der Waals surface area contributed by atoms with E-state index >= 15 is 0 Å². The molecule has 0 radical (unpaired) electrons. The molecular formula is C20H29N5O2. The van der Waals surface area contributed by atoms with E-state index in [-0.39, 0.29) is 11.7 Å². The van der Waals surface area contributed by atoms with Crippen molar-refractivity contribution in [2.45, 2.75) is 58.0 Å². The van der Waals surface area contributed by atoms with Gasteiger partial charge in [0, 0.05) is 38.5 Å². The summed E-state index contributed by atoms with van der Waals surface area (Å²) in [6.07, 6.45) is 4.67. The number of rotatable bonds is 8. The number of carbonyl (C=O) groups is 1. The molecule has 3 rings (SSSR count). The number of fused-ring (bicyclic) bond motifs is 1. The van der Waals surface area contributed by atoms with Gasteiger partial charge in [0.2, 0.25) is 0 Å². The van der Waals surface area contributed by atoms with E-state index in [0.29, 0.717) is 32.0 Å². The average molecular weight is 371 g/mol. The second-order valence-electron chi connectivity index (χ2n) is 7.04. The summed E-state index contributed by atoms with van der Waals surface area (Å²) in [6, 6.07) is 10.1. The molecule has 7 heteroatoms. The van der Waals surface area contributed by atoms with Crippen LogP contribution in [-0.4, -0.2) is 33.5 Å². The van der Waals surface area contributed by atoms with Gasteiger partial charge < -0.3 is 10.6 Å². The molecule has 2 N–H and O–H groups in total. The first kappa shape index (κ1) is 19.2. The van der Waals surface area contributed by atoms with Crippen molar-refractivity contribution in [1.29, 1.82) is 0 Å². The molecular weight excluding hydrogens is 342 g/mol. The van der Waals surface area contributed by atoms with Crippen molar-refractivity contribution >= 4 is 6.03 Å². The molecule has 0 saturated heterocycles. The lowest BCUT2D eigenvalue weighted by Crippen LogP contribution is -2.38. The summed E-state index contributed by atoms with van der Waals surface area (Å²) in [5.74, 6) is 1.20. The summed E-state index contributed by atoms with van der Waals surface area (Å²) in [4.78, 5) is 24.3. The molecule has 2 heterocycles. The molecule has 27 heavy (non-hydrogen) atoms. The van der Waals surface area contributed by atoms with E-state index in [1.165, 1.54) is 10.2 Å². The molecule has 1 aromatic heterocycles. The lowest BCUT2D eigenvalue weighted by molar-refractivity contribution is 0.239. The van der Waals surface area contributed by atoms with Crippen LogP contribution in [0.3, 0.4) is 0 Å². The fraction of sp³-hybridized carbons (Fsp3) is 0.550. The maximum atomic E-state index is 12.3. The van der Waals surface area contributed by atoms with Gasteiger partial charge in [0.05, 0.1) is 0 Å². The Labute approximate surface area is 159 Å². The highest BCUT2D eigenvalue weighted by atomic mass is 16.2. The van der Waals surface area contributed by atoms with Crippen molar-refractivity contribution < 1.29 is 4.79 Å². The lowest BCUT2D eigenvalue weighted by atomic mass is 9.97. The van der Waals surface area contributed by atoms with Gasteiger partial charge in [0.1, 0.15) is 5.82 Å². The van der Waals surface area contributed by atoms with Crippen molar-refractivity contribution in [2.24, 2.45) is 0 Å². The van der Waals surface area contributed by atoms with Gasteiger partial charge in [0.25, 0.3) is 0 Å². The minimum atomic E-state index is -0.166. The first-order valence-electron chi connectivity index (χ1n) is 9.92. The van der Waals surface area contributed by atoms with Crippen LogP contribution in [0.1, 0.15) is 49.9 Å². The Hall–Kier alpha value is -2.57. The number of aryl methyl sites for hydroxylation is 2. The van der Waals surface area contributed by atoms with E-state index in [2.05, 4.69) is 34.8 Å². The topological polar surface area (TPSA) is 81.0 Å². The molecule has 0 saturated carbocycles. The average Bonchev–Trinajstić information content (AvgIpc) is 3.02. The first-order valence-corrected chi connectivity index (χ1v) is 9.92. The van der Waals surface area contributed by atoms with Crippen LogP contribution in [-0.2, 0) is 19.5 Å². The van der Waals surface area contributed by atoms with Crippen LogP contribution in [0.4, 0.5) is 4.79 Å². The molecule has 1 atom stereocenters. The zero-order chi connectivity index (χ0) is 19.1. The van der Waals surface area contributed by atoms with Gasteiger partial charge in [-0.1, -0.05) is 37.3 Å². The molecule has 2 amide bonds. The van der Waals surface area contributed by atoms with Gasteiger partial charge in [-0.05, 0) is 31.2 Å². The van der Waals surface area contributed by atoms with Crippen molar-refractivity contribution in [3.8, 4) is 0 Å². The number of benzene rings is 1. The SMILES string of the molecule is CCC(CNC(=O)NCCCn1nc2n(c1=O)CCCC2)c1ccccc1. The number of aromatic nitrogens is 3. The summed E-state index contributed by atoms with van der Waals surface area (Å²) < 4.78 is 3.31. The summed E-state index contributed by atoms with van der Waals surface area (Å²) in [7, 11) is 0. The van der Waals surface area contributed by atoms with Crippen molar-refractivity contribution in [2.75, 3.05) is 13.1 Å². The quantitative estimate of drug-likeness (QED) is 0.699. The van der Waals surface area contributed by atoms with Gasteiger partial charge in [-0.3, -0.25) is 4.57 Å². The minimum Gasteiger partial charge on any atom is -0.338 e. The van der Waals surface area contributed by atoms with Crippen molar-refractivity contribution in [3.05, 3.63) is 52.2 Å². The Morgan fingerprint density at radius 3 is 2.78 bits per heavy atom. The third kappa shape index (κ3) is 4.99. The van der Waals surface area contributed by atoms with E-state index in [1.54, 1.807) is 4.57 Å². The Bertz CT molecular complexity index is 796. The molecule has 0 bridgehead atoms. The van der Waals surface area contributed by atoms with E-state index < -0.39 is 0 Å². The number of carbonyl (C=O) groups excluding carboxylic acids is 1. The Morgan fingerprint density at radius 1 is 1.22 bits per heavy atom. The molecule has 1 aliphatic rings. The number of amides is 2. The number of hydrogen-bond acceptors (Lipinski definition) is 3. The van der Waals surface area contributed by atoms with Gasteiger partial charge >= 0.3 is 11.7 Å². The minimum absolute atomic E-state index is 0.0252. The first-order chi connectivity index (χ1) is 13.2. The van der Waals surface area contributed by atoms with Crippen molar-refractivity contribution in [3.63, 3.8) is 0 Å². The largest absolute Gasteiger partial charge is 0.345 e. The van der Waals surface area contributed by atoms with Crippen molar-refractivity contribution in [1.82, 2.24) is 25.0 Å². The number of nitrogens with one attached hydrogen (secondary N) is 2. The maximum absolute atomic E-state index is 12.3. The monoisotopic (exact) mass is 371 g/mol. The fourth-order valence-electron chi connectivity index (χ4n) is 3.53. The van der Waals surface area contributed by atoms with Crippen LogP contribution >= 0.6 is 0 Å². The predicted molar refractivity (Wildman–Crippen MR) is 105 cm³/mol. The molecule has 7 nitrogen and oxygen atoms in total. The second kappa shape index (κ2) is 9.39. The highest BCUT2D eigenvalue weighted by molar-refractivity contribution is 5.73. The Balaban J connectivity index is 1.39. The summed E-state index contributed by atoms with van der Waals surface area (Å²) >= 11 is 0. The number of hydrogen-bond donors (Lipinski definition) is 2. The lowest BCUT2D eigenvalue weighted by Gasteiger charge is -2.16. The molecule has 0 fully saturated rings. The fourth-order valence-corrected chi connectivity index (χ4v) is 3.53. The summed E-state index contributed by atoms with van der Waals surface area (Å²) in [5, 5.41) is 10.2. The highest BCUT2D eigenvalue weighted by Crippen LogP contribution is 2.17. The van der Waals surface area contributed by atoms with Gasteiger partial charge in [0.15, 0.2) is 0 Å². The zero-order valence-electron chi connectivity index (χ0n) is 16.0. The molecule has 0 spiro atoms. The highest BCUT2D eigenvalue weighted by Gasteiger charge is 2.16. The maximum Gasteiger partial charge on any atom is 0.345 e. The van der Waals surface area contributed by atoms with E-state index in [4.69, 9.17) is 0 Å². The third-order valence-corrected chi connectivity index (χ3v) is 5.14. The third-order valence-electron chi connectivity index (χ3n) is 5.14. The van der Waals surface area contributed by atoms with Gasteiger partial charge in [-0.2, -0.15) is 5.10 Å². The second-order valence-corrected chi connectivity index (χ2v) is 7.04. The van der Waals surface area contributed by atoms with Crippen LogP contribution in [0.15, 0.2) is 35.1 Å². The van der Waals surface area contributed by atoms with Crippen LogP contribution < -0.4 is 16.3 Å². The van der Waals surface area contributed by atoms with Gasteiger partial charge in [-0.15, -0.1) is 0 Å². The summed E-state index contributed by atoms with van der Waals surface area (Å²) in [5.41, 5.74) is 1.21. The van der Waals surface area contributed by atoms with E-state index in [0.717, 1.165) is 38.1 Å². The van der Waals surface area contributed by atoms with Gasteiger partial charge in [-0.25, -0.2) is 14.3 Å². The number of nitrogens with zero attached hydrogens (tertiary/aromatic N) is 3. The molecule has 1 unspecified atom stereocenters. The number of urea groups is 1. The zero-order valence-corrected chi connectivity index (χ0v) is 16.0. The van der Waals surface area contributed by atoms with Crippen LogP contribution in [0.5, 0.6) is 0 Å². The molecule has 1 aliphatic heterocycles. The van der Waals surface area contributed by atoms with Crippen LogP contribution in [0, 0.1) is 0 Å². The summed E-state index contributed by atoms with van der Waals surface area (Å²) in [6.45, 7) is 4.55. The van der Waals surface area contributed by atoms with Crippen LogP contribution in [0.25, 0.3) is 0 Å². The Kier molecular flexibility index (Phi) is 6.68. The predicted octanol–water partition coefficient (Wildman–Crippen LogP) is 2.26. The van der Waals surface area contributed by atoms with E-state index in [9.17, 15) is 9.59 Å². The molecule has 1 aromatic carbocycles. The van der Waals surface area contributed by atoms with Crippen LogP contribution in [0.2, 0.25) is 0 Å². The normalized spacial score (nSPS) is 14.4. The standard InChI is InChI=1S/C20H29N5O2/c1-2-16(17-9-4-3-5-10-17)15-22-19(26)21-12-8-14-25-20(27)24-13-7-6-11-18(24)23-25/h3-5,9-10,16H,2,6-8,11-15H2,1H3,(H2,21,22,26). The smallest absolute Gasteiger partial charge is 0.338 e. The van der Waals surface area contributed by atoms with E-state index in [1.807, 2.05) is 18.2 Å². The molecule has 146 valence electrons. The molecule has 0 aliphatic carbocycles. The molecule has 2 aromatic rings. The Morgan fingerprint density at radius 2 is 2.04 bits per heavy atom.